The van der Waals surface area contributed by atoms with Crippen molar-refractivity contribution < 1.29 is 14.7 Å². The molecule has 5 heteroatoms. The predicted molar refractivity (Wildman–Crippen MR) is 71.4 cm³/mol. The quantitative estimate of drug-likeness (QED) is 0.584. The summed E-state index contributed by atoms with van der Waals surface area (Å²) in [6.07, 6.45) is 1.59. The molecule has 0 aliphatic rings. The van der Waals surface area contributed by atoms with Crippen LogP contribution in [-0.4, -0.2) is 36.1 Å². The first-order chi connectivity index (χ1) is 8.23. The number of rotatable bonds is 9. The highest BCUT2D eigenvalue weighted by Gasteiger charge is 2.19. The fraction of sp³-hybridized carbons (Fsp3) is 0.846. The fourth-order valence-corrected chi connectivity index (χ4v) is 1.47. The Morgan fingerprint density at radius 1 is 1.22 bits per heavy atom. The maximum atomic E-state index is 11.4. The first kappa shape index (κ1) is 16.9. The van der Waals surface area contributed by atoms with Gasteiger partial charge in [-0.1, -0.05) is 27.7 Å². The molecule has 0 aromatic carbocycles. The topological polar surface area (TPSA) is 78.4 Å². The Morgan fingerprint density at radius 3 is 2.33 bits per heavy atom. The summed E-state index contributed by atoms with van der Waals surface area (Å²) in [5.41, 5.74) is -0.0584. The Hall–Kier alpha value is -1.10. The number of nitrogens with one attached hydrogen (secondary N) is 2. The maximum Gasteiger partial charge on any atom is 0.303 e. The van der Waals surface area contributed by atoms with Crippen molar-refractivity contribution in [2.24, 2.45) is 5.41 Å². The molecule has 18 heavy (non-hydrogen) atoms. The molecular weight excluding hydrogens is 232 g/mol. The summed E-state index contributed by atoms with van der Waals surface area (Å²) in [4.78, 5) is 21.9. The number of carbonyl (C=O) groups is 2. The van der Waals surface area contributed by atoms with Crippen LogP contribution in [0.1, 0.15) is 47.0 Å². The fourth-order valence-electron chi connectivity index (χ4n) is 1.47. The third-order valence-electron chi connectivity index (χ3n) is 2.81. The zero-order valence-corrected chi connectivity index (χ0v) is 11.9. The zero-order chi connectivity index (χ0) is 14.2. The number of hydrogen-bond acceptors (Lipinski definition) is 3. The summed E-state index contributed by atoms with van der Waals surface area (Å²) in [6.45, 7) is 8.94. The van der Waals surface area contributed by atoms with Crippen LogP contribution in [0.5, 0.6) is 0 Å². The Kier molecular flexibility index (Phi) is 7.59. The molecule has 0 bridgehead atoms. The Bertz CT molecular complexity index is 275. The molecule has 5 nitrogen and oxygen atoms in total. The van der Waals surface area contributed by atoms with E-state index in [-0.39, 0.29) is 17.7 Å². The van der Waals surface area contributed by atoms with Gasteiger partial charge < -0.3 is 15.7 Å². The van der Waals surface area contributed by atoms with Crippen molar-refractivity contribution in [3.63, 3.8) is 0 Å². The van der Waals surface area contributed by atoms with Gasteiger partial charge in [0.1, 0.15) is 0 Å². The zero-order valence-electron chi connectivity index (χ0n) is 11.9. The van der Waals surface area contributed by atoms with Gasteiger partial charge in [0.15, 0.2) is 0 Å². The number of carbonyl (C=O) groups excluding carboxylic acids is 1. The normalized spacial score (nSPS) is 11.6. The lowest BCUT2D eigenvalue weighted by Crippen LogP contribution is -2.38. The molecule has 0 unspecified atom stereocenters. The molecule has 0 fully saturated rings. The highest BCUT2D eigenvalue weighted by atomic mass is 16.4. The van der Waals surface area contributed by atoms with Gasteiger partial charge in [-0.3, -0.25) is 9.59 Å². The first-order valence-electron chi connectivity index (χ1n) is 6.45. The summed E-state index contributed by atoms with van der Waals surface area (Å²) < 4.78 is 0. The third kappa shape index (κ3) is 10.1. The molecule has 0 saturated heterocycles. The van der Waals surface area contributed by atoms with Crippen LogP contribution in [0.2, 0.25) is 0 Å². The number of aliphatic carboxylic acids is 1. The molecule has 0 heterocycles. The van der Waals surface area contributed by atoms with Gasteiger partial charge in [0.05, 0.1) is 6.54 Å². The van der Waals surface area contributed by atoms with Crippen LogP contribution in [0.3, 0.4) is 0 Å². The average molecular weight is 258 g/mol. The van der Waals surface area contributed by atoms with E-state index in [9.17, 15) is 9.59 Å². The lowest BCUT2D eigenvalue weighted by Gasteiger charge is -2.23. The number of hydrogen-bond donors (Lipinski definition) is 3. The van der Waals surface area contributed by atoms with E-state index in [1.165, 1.54) is 0 Å². The molecule has 0 saturated carbocycles. The van der Waals surface area contributed by atoms with Gasteiger partial charge in [0, 0.05) is 19.0 Å². The Balaban J connectivity index is 3.74. The highest BCUT2D eigenvalue weighted by molar-refractivity contribution is 5.77. The smallest absolute Gasteiger partial charge is 0.303 e. The van der Waals surface area contributed by atoms with Crippen molar-refractivity contribution in [3.8, 4) is 0 Å². The van der Waals surface area contributed by atoms with E-state index >= 15 is 0 Å². The van der Waals surface area contributed by atoms with Gasteiger partial charge >= 0.3 is 5.97 Å². The molecule has 106 valence electrons. The minimum absolute atomic E-state index is 0.0160. The second-order valence-corrected chi connectivity index (χ2v) is 5.69. The van der Waals surface area contributed by atoms with Crippen molar-refractivity contribution in [2.45, 2.75) is 53.0 Å². The van der Waals surface area contributed by atoms with Crippen molar-refractivity contribution >= 4 is 11.9 Å². The van der Waals surface area contributed by atoms with Gasteiger partial charge in [-0.2, -0.15) is 0 Å². The molecule has 0 aromatic rings. The van der Waals surface area contributed by atoms with E-state index in [0.717, 1.165) is 6.42 Å². The van der Waals surface area contributed by atoms with Crippen LogP contribution in [0.4, 0.5) is 0 Å². The van der Waals surface area contributed by atoms with E-state index in [0.29, 0.717) is 25.6 Å². The molecule has 0 aliphatic carbocycles. The predicted octanol–water partition coefficient (Wildman–Crippen LogP) is 1.38. The monoisotopic (exact) mass is 258 g/mol. The van der Waals surface area contributed by atoms with Crippen molar-refractivity contribution in [1.82, 2.24) is 10.6 Å². The summed E-state index contributed by atoms with van der Waals surface area (Å²) in [5.74, 6) is -0.786. The average Bonchev–Trinajstić information content (AvgIpc) is 2.23. The van der Waals surface area contributed by atoms with Gasteiger partial charge in [-0.05, 0) is 18.3 Å². The Morgan fingerprint density at radius 2 is 1.83 bits per heavy atom. The van der Waals surface area contributed by atoms with Crippen LogP contribution >= 0.6 is 0 Å². The number of carboxylic acid groups (broad SMARTS) is 1. The number of amides is 1. The summed E-state index contributed by atoms with van der Waals surface area (Å²) in [7, 11) is 0. The van der Waals surface area contributed by atoms with E-state index < -0.39 is 5.97 Å². The van der Waals surface area contributed by atoms with Gasteiger partial charge in [0.2, 0.25) is 5.91 Å². The standard InChI is InChI=1S/C13H26N2O3/c1-10(2)15-9-11(16)14-8-7-13(3,4)6-5-12(17)18/h10,15H,5-9H2,1-4H3,(H,14,16)(H,17,18). The third-order valence-corrected chi connectivity index (χ3v) is 2.81. The lowest BCUT2D eigenvalue weighted by molar-refractivity contribution is -0.137. The molecule has 0 atom stereocenters. The molecule has 0 rings (SSSR count). The number of carboxylic acids is 1. The van der Waals surface area contributed by atoms with E-state index in [2.05, 4.69) is 10.6 Å². The van der Waals surface area contributed by atoms with E-state index in [1.807, 2.05) is 27.7 Å². The van der Waals surface area contributed by atoms with Crippen molar-refractivity contribution in [1.29, 1.82) is 0 Å². The van der Waals surface area contributed by atoms with Gasteiger partial charge in [-0.25, -0.2) is 0 Å². The van der Waals surface area contributed by atoms with Crippen LogP contribution in [0, 0.1) is 5.41 Å². The molecule has 3 N–H and O–H groups in total. The maximum absolute atomic E-state index is 11.4. The molecular formula is C13H26N2O3. The molecule has 0 radical (unpaired) electrons. The second-order valence-electron chi connectivity index (χ2n) is 5.69. The van der Waals surface area contributed by atoms with Crippen LogP contribution in [0.15, 0.2) is 0 Å². The second kappa shape index (κ2) is 8.08. The first-order valence-corrected chi connectivity index (χ1v) is 6.45. The summed E-state index contributed by atoms with van der Waals surface area (Å²) in [6, 6.07) is 0.294. The minimum Gasteiger partial charge on any atom is -0.481 e. The minimum atomic E-state index is -0.770. The van der Waals surface area contributed by atoms with Crippen molar-refractivity contribution in [2.75, 3.05) is 13.1 Å². The van der Waals surface area contributed by atoms with E-state index in [1.54, 1.807) is 0 Å². The van der Waals surface area contributed by atoms with Crippen molar-refractivity contribution in [3.05, 3.63) is 0 Å². The highest BCUT2D eigenvalue weighted by Crippen LogP contribution is 2.25. The Labute approximate surface area is 109 Å². The SMILES string of the molecule is CC(C)NCC(=O)NCCC(C)(C)CCC(=O)O. The molecule has 0 aromatic heterocycles. The summed E-state index contributed by atoms with van der Waals surface area (Å²) >= 11 is 0. The molecule has 0 spiro atoms. The van der Waals surface area contributed by atoms with Gasteiger partial charge in [0.25, 0.3) is 0 Å². The summed E-state index contributed by atoms with van der Waals surface area (Å²) in [5, 5.41) is 14.5. The molecule has 1 amide bonds. The van der Waals surface area contributed by atoms with Crippen LogP contribution in [-0.2, 0) is 9.59 Å². The van der Waals surface area contributed by atoms with Crippen LogP contribution < -0.4 is 10.6 Å². The van der Waals surface area contributed by atoms with Gasteiger partial charge in [-0.15, -0.1) is 0 Å². The lowest BCUT2D eigenvalue weighted by atomic mass is 9.84. The van der Waals surface area contributed by atoms with E-state index in [4.69, 9.17) is 5.11 Å². The van der Waals surface area contributed by atoms with Crippen LogP contribution in [0.25, 0.3) is 0 Å². The molecule has 0 aliphatic heterocycles. The largest absolute Gasteiger partial charge is 0.481 e.